The van der Waals surface area contributed by atoms with E-state index in [4.69, 9.17) is 5.73 Å². The summed E-state index contributed by atoms with van der Waals surface area (Å²) >= 11 is 0. The Morgan fingerprint density at radius 2 is 2.50 bits per heavy atom. The van der Waals surface area contributed by atoms with Crippen LogP contribution in [-0.4, -0.2) is 5.78 Å². The van der Waals surface area contributed by atoms with E-state index in [-0.39, 0.29) is 5.78 Å². The molecule has 0 saturated carbocycles. The monoisotopic (exact) mass is 105 g/mol. The molecule has 0 spiro atoms. The zero-order chi connectivity index (χ0) is 4.99. The van der Waals surface area contributed by atoms with E-state index in [1.54, 1.807) is 0 Å². The van der Waals surface area contributed by atoms with Gasteiger partial charge in [0, 0.05) is 0 Å². The lowest BCUT2D eigenvalue weighted by Crippen LogP contribution is -2.05. The summed E-state index contributed by atoms with van der Waals surface area (Å²) in [5.74, 6) is -0.273. The molecular weight excluding hydrogens is 97.0 g/mol. The standard InChI is InChI=1S/C3H8NOP/c1-2-3(4)6-5/h2-3H,1,4,6H2. The predicted molar refractivity (Wildman–Crippen MR) is 28.6 cm³/mol. The summed E-state index contributed by atoms with van der Waals surface area (Å²) in [5.41, 5.74) is 5.08. The van der Waals surface area contributed by atoms with E-state index >= 15 is 0 Å². The van der Waals surface area contributed by atoms with Crippen molar-refractivity contribution in [3.63, 3.8) is 0 Å². The average Bonchev–Trinajstić information content (AvgIpc) is 1.65. The van der Waals surface area contributed by atoms with Crippen LogP contribution in [0.2, 0.25) is 0 Å². The van der Waals surface area contributed by atoms with Crippen molar-refractivity contribution in [2.24, 2.45) is 5.73 Å². The van der Waals surface area contributed by atoms with Crippen LogP contribution in [0, 0.1) is 0 Å². The summed E-state index contributed by atoms with van der Waals surface area (Å²) < 4.78 is 9.75. The molecule has 0 bridgehead atoms. The van der Waals surface area contributed by atoms with Crippen molar-refractivity contribution in [3.8, 4) is 0 Å². The SMILES string of the molecule is C=CC(N)[PH2]=O. The summed E-state index contributed by atoms with van der Waals surface area (Å²) in [4.78, 5) is 0. The minimum absolute atomic E-state index is 0.273. The summed E-state index contributed by atoms with van der Waals surface area (Å²) in [5, 5.41) is 0. The van der Waals surface area contributed by atoms with Gasteiger partial charge in [-0.2, -0.15) is 0 Å². The molecular formula is C3H8NOP. The maximum Gasteiger partial charge on any atom is 0.0841 e. The van der Waals surface area contributed by atoms with E-state index in [9.17, 15) is 4.57 Å². The smallest absolute Gasteiger partial charge is 0.0841 e. The number of hydrogen-bond donors (Lipinski definition) is 1. The van der Waals surface area contributed by atoms with Gasteiger partial charge in [-0.25, -0.2) is 0 Å². The first kappa shape index (κ1) is 5.93. The number of rotatable bonds is 2. The Balaban J connectivity index is 3.21. The fourth-order valence-electron chi connectivity index (χ4n) is 0.0556. The van der Waals surface area contributed by atoms with Gasteiger partial charge in [-0.3, -0.25) is 0 Å². The van der Waals surface area contributed by atoms with E-state index in [0.717, 1.165) is 0 Å². The van der Waals surface area contributed by atoms with E-state index in [1.807, 2.05) is 0 Å². The van der Waals surface area contributed by atoms with Crippen LogP contribution in [0.5, 0.6) is 0 Å². The molecule has 0 aromatic rings. The molecule has 3 heteroatoms. The summed E-state index contributed by atoms with van der Waals surface area (Å²) in [6.45, 7) is 3.33. The second-order valence-corrected chi connectivity index (χ2v) is 1.99. The van der Waals surface area contributed by atoms with Crippen molar-refractivity contribution in [2.45, 2.75) is 5.78 Å². The van der Waals surface area contributed by atoms with Crippen LogP contribution in [0.4, 0.5) is 0 Å². The predicted octanol–water partition coefficient (Wildman–Crippen LogP) is 0.213. The van der Waals surface area contributed by atoms with Crippen molar-refractivity contribution >= 4 is 8.46 Å². The molecule has 6 heavy (non-hydrogen) atoms. The molecule has 0 fully saturated rings. The van der Waals surface area contributed by atoms with E-state index < -0.39 is 8.46 Å². The van der Waals surface area contributed by atoms with Crippen LogP contribution >= 0.6 is 8.46 Å². The second-order valence-electron chi connectivity index (χ2n) is 0.949. The Hall–Kier alpha value is -0.0700. The zero-order valence-corrected chi connectivity index (χ0v) is 4.58. The molecule has 0 aromatic heterocycles. The molecule has 2 atom stereocenters. The van der Waals surface area contributed by atoms with Crippen LogP contribution in [0.15, 0.2) is 12.7 Å². The van der Waals surface area contributed by atoms with Crippen molar-refractivity contribution in [1.29, 1.82) is 0 Å². The van der Waals surface area contributed by atoms with Crippen LogP contribution < -0.4 is 5.73 Å². The Labute approximate surface area is 38.2 Å². The third-order valence-electron chi connectivity index (χ3n) is 0.429. The fourth-order valence-corrected chi connectivity index (χ4v) is 0.167. The van der Waals surface area contributed by atoms with Gasteiger partial charge in [0.25, 0.3) is 0 Å². The first-order valence-electron chi connectivity index (χ1n) is 1.64. The highest BCUT2D eigenvalue weighted by molar-refractivity contribution is 7.24. The van der Waals surface area contributed by atoms with Gasteiger partial charge in [0.2, 0.25) is 0 Å². The van der Waals surface area contributed by atoms with E-state index in [2.05, 4.69) is 6.58 Å². The first-order chi connectivity index (χ1) is 2.81. The van der Waals surface area contributed by atoms with Gasteiger partial charge >= 0.3 is 0 Å². The lowest BCUT2D eigenvalue weighted by atomic mass is 10.7. The molecule has 2 unspecified atom stereocenters. The zero-order valence-electron chi connectivity index (χ0n) is 3.42. The molecule has 0 rings (SSSR count). The lowest BCUT2D eigenvalue weighted by Gasteiger charge is -1.86. The number of nitrogens with two attached hydrogens (primary N) is 1. The van der Waals surface area contributed by atoms with Gasteiger partial charge in [-0.05, 0) is 0 Å². The highest BCUT2D eigenvalue weighted by Crippen LogP contribution is 1.96. The third kappa shape index (κ3) is 2.18. The van der Waals surface area contributed by atoms with Crippen molar-refractivity contribution in [2.75, 3.05) is 0 Å². The van der Waals surface area contributed by atoms with Crippen LogP contribution in [0.1, 0.15) is 0 Å². The summed E-state index contributed by atoms with van der Waals surface area (Å²) in [7, 11) is -0.855. The lowest BCUT2D eigenvalue weighted by molar-refractivity contribution is 0.595. The topological polar surface area (TPSA) is 43.1 Å². The van der Waals surface area contributed by atoms with Gasteiger partial charge in [0.1, 0.15) is 0 Å². The van der Waals surface area contributed by atoms with Gasteiger partial charge < -0.3 is 10.3 Å². The van der Waals surface area contributed by atoms with Crippen molar-refractivity contribution in [1.82, 2.24) is 0 Å². The molecule has 0 radical (unpaired) electrons. The van der Waals surface area contributed by atoms with E-state index in [1.165, 1.54) is 6.08 Å². The molecule has 0 amide bonds. The Bertz CT molecular complexity index is 55.8. The fraction of sp³-hybridized carbons (Fsp3) is 0.333. The normalized spacial score (nSPS) is 15.5. The third-order valence-corrected chi connectivity index (χ3v) is 1.02. The van der Waals surface area contributed by atoms with Crippen molar-refractivity contribution in [3.05, 3.63) is 12.7 Å². The quantitative estimate of drug-likeness (QED) is 0.403. The van der Waals surface area contributed by atoms with Crippen molar-refractivity contribution < 1.29 is 4.57 Å². The van der Waals surface area contributed by atoms with Crippen LogP contribution in [0.3, 0.4) is 0 Å². The average molecular weight is 105 g/mol. The molecule has 0 saturated heterocycles. The molecule has 0 heterocycles. The van der Waals surface area contributed by atoms with Crippen LogP contribution in [0.25, 0.3) is 0 Å². The molecule has 36 valence electrons. The summed E-state index contributed by atoms with van der Waals surface area (Å²) in [6.07, 6.45) is 1.47. The minimum atomic E-state index is -0.855. The Morgan fingerprint density at radius 3 is 2.50 bits per heavy atom. The maximum absolute atomic E-state index is 9.75. The molecule has 2 N–H and O–H groups in total. The Morgan fingerprint density at radius 1 is 2.00 bits per heavy atom. The minimum Gasteiger partial charge on any atom is -0.328 e. The van der Waals surface area contributed by atoms with Crippen LogP contribution in [-0.2, 0) is 4.57 Å². The second kappa shape index (κ2) is 3.13. The maximum atomic E-state index is 9.75. The Kier molecular flexibility index (Phi) is 3.10. The number of hydrogen-bond acceptors (Lipinski definition) is 2. The molecule has 0 aromatic carbocycles. The van der Waals surface area contributed by atoms with Gasteiger partial charge in [-0.15, -0.1) is 6.58 Å². The highest BCUT2D eigenvalue weighted by atomic mass is 31.1. The first-order valence-corrected chi connectivity index (χ1v) is 2.78. The highest BCUT2D eigenvalue weighted by Gasteiger charge is 1.82. The molecule has 0 aliphatic carbocycles. The van der Waals surface area contributed by atoms with Gasteiger partial charge in [-0.1, -0.05) is 6.08 Å². The molecule has 2 nitrogen and oxygen atoms in total. The van der Waals surface area contributed by atoms with E-state index in [0.29, 0.717) is 0 Å². The molecule has 0 aliphatic heterocycles. The molecule has 0 aliphatic rings. The largest absolute Gasteiger partial charge is 0.328 e. The summed E-state index contributed by atoms with van der Waals surface area (Å²) in [6, 6.07) is 0. The van der Waals surface area contributed by atoms with Gasteiger partial charge in [0.05, 0.1) is 14.2 Å². The van der Waals surface area contributed by atoms with Gasteiger partial charge in [0.15, 0.2) is 0 Å².